The molecular formula is C35H64O9. The molecule has 9 nitrogen and oxygen atoms in total. The number of aliphatic hydroxyl groups is 6. The first-order chi connectivity index (χ1) is 21.2. The van der Waals surface area contributed by atoms with Crippen molar-refractivity contribution in [3.05, 3.63) is 11.6 Å². The molecule has 0 aliphatic carbocycles. The lowest BCUT2D eigenvalue weighted by Crippen LogP contribution is -2.31. The molecule has 258 valence electrons. The number of ether oxygens (including phenoxy) is 2. The third-order valence-corrected chi connectivity index (χ3v) is 9.40. The Morgan fingerprint density at radius 1 is 0.682 bits per heavy atom. The molecule has 0 aromatic heterocycles. The summed E-state index contributed by atoms with van der Waals surface area (Å²) >= 11 is 0. The van der Waals surface area contributed by atoms with Gasteiger partial charge in [-0.2, -0.15) is 0 Å². The maximum Gasteiger partial charge on any atom is 0.334 e. The van der Waals surface area contributed by atoms with Gasteiger partial charge in [-0.1, -0.05) is 77.6 Å². The molecule has 0 aromatic rings. The summed E-state index contributed by atoms with van der Waals surface area (Å²) in [5.74, 6) is -0.407. The van der Waals surface area contributed by atoms with Crippen molar-refractivity contribution in [3.8, 4) is 0 Å². The van der Waals surface area contributed by atoms with Crippen LogP contribution < -0.4 is 0 Å². The topological polar surface area (TPSA) is 157 Å². The van der Waals surface area contributed by atoms with E-state index in [0.717, 1.165) is 25.7 Å². The summed E-state index contributed by atoms with van der Waals surface area (Å²) in [7, 11) is 0. The highest BCUT2D eigenvalue weighted by atomic mass is 16.5. The minimum atomic E-state index is -0.954. The molecule has 44 heavy (non-hydrogen) atoms. The smallest absolute Gasteiger partial charge is 0.334 e. The Bertz CT molecular complexity index is 775. The largest absolute Gasteiger partial charge is 0.458 e. The molecule has 6 N–H and O–H groups in total. The second-order valence-corrected chi connectivity index (χ2v) is 13.3. The van der Waals surface area contributed by atoms with Gasteiger partial charge in [0.05, 0.1) is 48.8 Å². The molecule has 2 heterocycles. The van der Waals surface area contributed by atoms with Crippen molar-refractivity contribution in [2.45, 2.75) is 197 Å². The standard InChI is InChI=1S/C35H64O9/c1-2-3-4-5-6-7-8-9-10-11-12-15-29(37)32(40)20-21-33(41)34-22-18-28(44-34)14-13-16-30(38)31(39)19-17-27(36)25-26-23-24-43-35(26)42/h23,27-34,36-41H,2-22,24-25H2,1H3. The number of unbranched alkanes of at least 4 members (excludes halogenated alkanes) is 10. The molecule has 8 unspecified atom stereocenters. The van der Waals surface area contributed by atoms with Crippen LogP contribution in [0.2, 0.25) is 0 Å². The van der Waals surface area contributed by atoms with Gasteiger partial charge in [-0.05, 0) is 70.3 Å². The van der Waals surface area contributed by atoms with E-state index in [0.29, 0.717) is 44.1 Å². The Balaban J connectivity index is 1.47. The van der Waals surface area contributed by atoms with Gasteiger partial charge < -0.3 is 40.1 Å². The van der Waals surface area contributed by atoms with Crippen LogP contribution in [0.1, 0.15) is 148 Å². The molecular weight excluding hydrogens is 564 g/mol. The van der Waals surface area contributed by atoms with E-state index in [9.17, 15) is 35.4 Å². The predicted molar refractivity (Wildman–Crippen MR) is 171 cm³/mol. The van der Waals surface area contributed by atoms with Crippen LogP contribution in [-0.4, -0.2) is 92.0 Å². The van der Waals surface area contributed by atoms with Crippen molar-refractivity contribution in [1.82, 2.24) is 0 Å². The summed E-state index contributed by atoms with van der Waals surface area (Å²) in [4.78, 5) is 11.5. The second kappa shape index (κ2) is 23.3. The van der Waals surface area contributed by atoms with Crippen molar-refractivity contribution >= 4 is 5.97 Å². The third kappa shape index (κ3) is 16.5. The van der Waals surface area contributed by atoms with E-state index in [4.69, 9.17) is 9.47 Å². The summed E-state index contributed by atoms with van der Waals surface area (Å²) in [5, 5.41) is 62.1. The lowest BCUT2D eigenvalue weighted by atomic mass is 9.97. The lowest BCUT2D eigenvalue weighted by molar-refractivity contribution is -0.136. The van der Waals surface area contributed by atoms with Gasteiger partial charge in [-0.15, -0.1) is 0 Å². The average Bonchev–Trinajstić information content (AvgIpc) is 3.65. The molecule has 2 rings (SSSR count). The minimum absolute atomic E-state index is 0.0168. The van der Waals surface area contributed by atoms with Crippen LogP contribution in [0.3, 0.4) is 0 Å². The number of aliphatic hydroxyl groups excluding tert-OH is 6. The van der Waals surface area contributed by atoms with Crippen LogP contribution in [-0.2, 0) is 14.3 Å². The lowest BCUT2D eigenvalue weighted by Gasteiger charge is -2.23. The van der Waals surface area contributed by atoms with Gasteiger partial charge >= 0.3 is 5.97 Å². The van der Waals surface area contributed by atoms with Crippen molar-refractivity contribution in [3.63, 3.8) is 0 Å². The third-order valence-electron chi connectivity index (χ3n) is 9.40. The minimum Gasteiger partial charge on any atom is -0.458 e. The number of carbonyl (C=O) groups is 1. The molecule has 9 heteroatoms. The van der Waals surface area contributed by atoms with E-state index >= 15 is 0 Å². The van der Waals surface area contributed by atoms with Gasteiger partial charge in [0.15, 0.2) is 0 Å². The van der Waals surface area contributed by atoms with E-state index in [1.807, 2.05) is 0 Å². The molecule has 2 aliphatic rings. The van der Waals surface area contributed by atoms with E-state index < -0.39 is 42.6 Å². The summed E-state index contributed by atoms with van der Waals surface area (Å²) in [6, 6.07) is 0. The maximum atomic E-state index is 11.5. The molecule has 0 radical (unpaired) electrons. The number of hydrogen-bond donors (Lipinski definition) is 6. The predicted octanol–water partition coefficient (Wildman–Crippen LogP) is 5.00. The first kappa shape index (κ1) is 39.1. The van der Waals surface area contributed by atoms with Crippen molar-refractivity contribution in [1.29, 1.82) is 0 Å². The fourth-order valence-electron chi connectivity index (χ4n) is 6.38. The zero-order valence-electron chi connectivity index (χ0n) is 27.4. The number of hydrogen-bond acceptors (Lipinski definition) is 9. The molecule has 0 spiro atoms. The monoisotopic (exact) mass is 628 g/mol. The summed E-state index contributed by atoms with van der Waals surface area (Å²) in [6.07, 6.45) is 15.5. The molecule has 0 amide bonds. The number of esters is 1. The summed E-state index contributed by atoms with van der Waals surface area (Å²) in [6.45, 7) is 2.48. The van der Waals surface area contributed by atoms with Gasteiger partial charge in [0, 0.05) is 12.0 Å². The Labute approximate surface area is 266 Å². The van der Waals surface area contributed by atoms with Gasteiger partial charge in [-0.3, -0.25) is 0 Å². The number of carbonyl (C=O) groups excluding carboxylic acids is 1. The van der Waals surface area contributed by atoms with E-state index in [1.165, 1.54) is 57.8 Å². The van der Waals surface area contributed by atoms with Gasteiger partial charge in [-0.25, -0.2) is 4.79 Å². The fraction of sp³-hybridized carbons (Fsp3) is 0.914. The van der Waals surface area contributed by atoms with Gasteiger partial charge in [0.1, 0.15) is 6.61 Å². The van der Waals surface area contributed by atoms with Gasteiger partial charge in [0.25, 0.3) is 0 Å². The molecule has 0 bridgehead atoms. The van der Waals surface area contributed by atoms with Crippen molar-refractivity contribution in [2.24, 2.45) is 0 Å². The van der Waals surface area contributed by atoms with Crippen LogP contribution in [0.15, 0.2) is 11.6 Å². The molecule has 1 saturated heterocycles. The van der Waals surface area contributed by atoms with Crippen LogP contribution in [0, 0.1) is 0 Å². The Morgan fingerprint density at radius 3 is 1.82 bits per heavy atom. The van der Waals surface area contributed by atoms with Crippen LogP contribution in [0.4, 0.5) is 0 Å². The fourth-order valence-corrected chi connectivity index (χ4v) is 6.38. The highest BCUT2D eigenvalue weighted by Crippen LogP contribution is 2.28. The van der Waals surface area contributed by atoms with Gasteiger partial charge in [0.2, 0.25) is 0 Å². The van der Waals surface area contributed by atoms with E-state index in [1.54, 1.807) is 6.08 Å². The average molecular weight is 629 g/mol. The van der Waals surface area contributed by atoms with Crippen LogP contribution in [0.25, 0.3) is 0 Å². The van der Waals surface area contributed by atoms with E-state index in [-0.39, 0.29) is 38.1 Å². The molecule has 0 saturated carbocycles. The SMILES string of the molecule is CCCCCCCCCCCCCC(O)C(O)CCC(O)C1CCC(CCCC(O)C(O)CCC(O)CC2=CCOC2=O)O1. The zero-order valence-corrected chi connectivity index (χ0v) is 27.4. The summed E-state index contributed by atoms with van der Waals surface area (Å²) in [5.41, 5.74) is 0.455. The molecule has 1 fully saturated rings. The molecule has 2 aliphatic heterocycles. The Kier molecular flexibility index (Phi) is 20.7. The maximum absolute atomic E-state index is 11.5. The second-order valence-electron chi connectivity index (χ2n) is 13.3. The van der Waals surface area contributed by atoms with E-state index in [2.05, 4.69) is 6.92 Å². The first-order valence-electron chi connectivity index (χ1n) is 17.8. The zero-order chi connectivity index (χ0) is 32.2. The number of cyclic esters (lactones) is 1. The van der Waals surface area contributed by atoms with Crippen molar-refractivity contribution < 1.29 is 44.9 Å². The highest BCUT2D eigenvalue weighted by molar-refractivity contribution is 5.90. The quantitative estimate of drug-likeness (QED) is 0.0544. The molecule has 0 aromatic carbocycles. The van der Waals surface area contributed by atoms with Crippen LogP contribution >= 0.6 is 0 Å². The first-order valence-corrected chi connectivity index (χ1v) is 17.8. The Hall–Kier alpha value is -1.07. The Morgan fingerprint density at radius 2 is 1.23 bits per heavy atom. The molecule has 8 atom stereocenters. The van der Waals surface area contributed by atoms with Crippen molar-refractivity contribution in [2.75, 3.05) is 6.61 Å². The highest BCUT2D eigenvalue weighted by Gasteiger charge is 2.31. The normalized spacial score (nSPS) is 22.8. The van der Waals surface area contributed by atoms with Crippen LogP contribution in [0.5, 0.6) is 0 Å². The number of rotatable bonds is 27. The summed E-state index contributed by atoms with van der Waals surface area (Å²) < 4.78 is 10.9.